The summed E-state index contributed by atoms with van der Waals surface area (Å²) in [6.45, 7) is 10.3. The van der Waals surface area contributed by atoms with E-state index in [4.69, 9.17) is 0 Å². The SMILES string of the molecule is CC(O)C1CCN(CCS(=O)(=O)c2ccc(C(C)(C)C)cc2)C1. The van der Waals surface area contributed by atoms with Crippen LogP contribution in [0.5, 0.6) is 0 Å². The maximum atomic E-state index is 12.5. The highest BCUT2D eigenvalue weighted by atomic mass is 32.2. The van der Waals surface area contributed by atoms with Crippen molar-refractivity contribution in [3.05, 3.63) is 29.8 Å². The molecule has 1 aliphatic heterocycles. The van der Waals surface area contributed by atoms with Crippen molar-refractivity contribution in [3.8, 4) is 0 Å². The van der Waals surface area contributed by atoms with Crippen LogP contribution in [0.4, 0.5) is 0 Å². The second-order valence-corrected chi connectivity index (χ2v) is 9.79. The van der Waals surface area contributed by atoms with Crippen molar-refractivity contribution in [1.82, 2.24) is 4.90 Å². The summed E-state index contributed by atoms with van der Waals surface area (Å²) in [4.78, 5) is 2.54. The molecule has 0 bridgehead atoms. The number of hydrogen-bond acceptors (Lipinski definition) is 4. The molecule has 0 amide bonds. The third-order valence-corrected chi connectivity index (χ3v) is 6.46. The largest absolute Gasteiger partial charge is 0.393 e. The molecule has 5 heteroatoms. The van der Waals surface area contributed by atoms with Crippen LogP contribution in [0.15, 0.2) is 29.2 Å². The summed E-state index contributed by atoms with van der Waals surface area (Å²) in [6.07, 6.45) is 0.624. The summed E-state index contributed by atoms with van der Waals surface area (Å²) in [6, 6.07) is 7.26. The Labute approximate surface area is 140 Å². The highest BCUT2D eigenvalue weighted by Gasteiger charge is 2.27. The molecule has 1 N–H and O–H groups in total. The smallest absolute Gasteiger partial charge is 0.179 e. The first-order chi connectivity index (χ1) is 10.6. The molecule has 1 aliphatic rings. The third-order valence-electron chi connectivity index (χ3n) is 4.75. The molecule has 0 saturated carbocycles. The molecule has 4 nitrogen and oxygen atoms in total. The van der Waals surface area contributed by atoms with E-state index in [1.54, 1.807) is 12.1 Å². The Kier molecular flexibility index (Phi) is 5.54. The first-order valence-electron chi connectivity index (χ1n) is 8.33. The van der Waals surface area contributed by atoms with Crippen molar-refractivity contribution < 1.29 is 13.5 Å². The molecule has 2 unspecified atom stereocenters. The molecule has 2 atom stereocenters. The summed E-state index contributed by atoms with van der Waals surface area (Å²) in [5.74, 6) is 0.401. The van der Waals surface area contributed by atoms with Gasteiger partial charge in [0.1, 0.15) is 0 Å². The number of nitrogens with zero attached hydrogens (tertiary/aromatic N) is 1. The lowest BCUT2D eigenvalue weighted by atomic mass is 9.87. The predicted molar refractivity (Wildman–Crippen MR) is 93.4 cm³/mol. The third kappa shape index (κ3) is 4.78. The predicted octanol–water partition coefficient (Wildman–Crippen LogP) is 2.46. The van der Waals surface area contributed by atoms with Crippen LogP contribution >= 0.6 is 0 Å². The van der Waals surface area contributed by atoms with Gasteiger partial charge in [-0.05, 0) is 48.9 Å². The van der Waals surface area contributed by atoms with E-state index in [1.807, 2.05) is 19.1 Å². The number of sulfone groups is 1. The lowest BCUT2D eigenvalue weighted by Gasteiger charge is -2.19. The van der Waals surface area contributed by atoms with E-state index in [0.717, 1.165) is 25.1 Å². The second kappa shape index (κ2) is 6.91. The Morgan fingerprint density at radius 3 is 2.35 bits per heavy atom. The minimum Gasteiger partial charge on any atom is -0.393 e. The van der Waals surface area contributed by atoms with Gasteiger partial charge >= 0.3 is 0 Å². The van der Waals surface area contributed by atoms with E-state index < -0.39 is 9.84 Å². The average Bonchev–Trinajstić information content (AvgIpc) is 2.94. The van der Waals surface area contributed by atoms with E-state index in [-0.39, 0.29) is 23.2 Å². The molecule has 0 aliphatic carbocycles. The van der Waals surface area contributed by atoms with E-state index in [0.29, 0.717) is 11.4 Å². The van der Waals surface area contributed by atoms with E-state index in [1.165, 1.54) is 0 Å². The van der Waals surface area contributed by atoms with Crippen molar-refractivity contribution in [2.45, 2.75) is 50.5 Å². The molecule has 0 aromatic heterocycles. The monoisotopic (exact) mass is 339 g/mol. The first kappa shape index (κ1) is 18.4. The summed E-state index contributed by atoms with van der Waals surface area (Å²) in [7, 11) is -3.25. The molecule has 130 valence electrons. The molecular formula is C18H29NO3S. The summed E-state index contributed by atoms with van der Waals surface area (Å²) in [5.41, 5.74) is 1.16. The minimum absolute atomic E-state index is 0.0217. The van der Waals surface area contributed by atoms with Crippen LogP contribution < -0.4 is 0 Å². The molecule has 1 aromatic carbocycles. The maximum absolute atomic E-state index is 12.5. The Morgan fingerprint density at radius 1 is 1.26 bits per heavy atom. The zero-order chi connectivity index (χ0) is 17.3. The first-order valence-corrected chi connectivity index (χ1v) is 9.98. The number of hydrogen-bond donors (Lipinski definition) is 1. The van der Waals surface area contributed by atoms with Gasteiger partial charge in [0.2, 0.25) is 0 Å². The summed E-state index contributed by atoms with van der Waals surface area (Å²) >= 11 is 0. The Balaban J connectivity index is 1.97. The van der Waals surface area contributed by atoms with Crippen LogP contribution in [0, 0.1) is 5.92 Å². The molecule has 1 fully saturated rings. The van der Waals surface area contributed by atoms with Gasteiger partial charge in [-0.15, -0.1) is 0 Å². The zero-order valence-corrected chi connectivity index (χ0v) is 15.4. The molecule has 0 radical (unpaired) electrons. The molecule has 1 aromatic rings. The van der Waals surface area contributed by atoms with E-state index in [2.05, 4.69) is 25.7 Å². The number of likely N-dealkylation sites (tertiary alicyclic amines) is 1. The van der Waals surface area contributed by atoms with Gasteiger partial charge in [-0.1, -0.05) is 32.9 Å². The fourth-order valence-electron chi connectivity index (χ4n) is 2.99. The fraction of sp³-hybridized carbons (Fsp3) is 0.667. The van der Waals surface area contributed by atoms with Crippen molar-refractivity contribution in [2.75, 3.05) is 25.4 Å². The summed E-state index contributed by atoms with van der Waals surface area (Å²) in [5, 5.41) is 9.62. The van der Waals surface area contributed by atoms with Gasteiger partial charge < -0.3 is 10.0 Å². The van der Waals surface area contributed by atoms with Crippen LogP contribution in [0.1, 0.15) is 39.7 Å². The van der Waals surface area contributed by atoms with Crippen LogP contribution in [0.25, 0.3) is 0 Å². The standard InChI is InChI=1S/C18H29NO3S/c1-14(20)15-9-10-19(13-15)11-12-23(21,22)17-7-5-16(6-8-17)18(2,3)4/h5-8,14-15,20H,9-13H2,1-4H3. The second-order valence-electron chi connectivity index (χ2n) is 7.68. The molecular weight excluding hydrogens is 310 g/mol. The molecule has 1 saturated heterocycles. The van der Waals surface area contributed by atoms with Crippen LogP contribution in [0.2, 0.25) is 0 Å². The van der Waals surface area contributed by atoms with Crippen molar-refractivity contribution in [3.63, 3.8) is 0 Å². The Morgan fingerprint density at radius 2 is 1.87 bits per heavy atom. The normalized spacial score (nSPS) is 21.5. The number of aliphatic hydroxyl groups excluding tert-OH is 1. The van der Waals surface area contributed by atoms with Gasteiger partial charge in [-0.2, -0.15) is 0 Å². The quantitative estimate of drug-likeness (QED) is 0.895. The van der Waals surface area contributed by atoms with Gasteiger partial charge in [0, 0.05) is 13.1 Å². The fourth-order valence-corrected chi connectivity index (χ4v) is 4.27. The molecule has 1 heterocycles. The van der Waals surface area contributed by atoms with Crippen molar-refractivity contribution >= 4 is 9.84 Å². The minimum atomic E-state index is -3.25. The summed E-state index contributed by atoms with van der Waals surface area (Å²) < 4.78 is 25.0. The molecule has 23 heavy (non-hydrogen) atoms. The topological polar surface area (TPSA) is 57.6 Å². The van der Waals surface area contributed by atoms with Gasteiger partial charge in [0.05, 0.1) is 16.8 Å². The Bertz CT molecular complexity index is 615. The maximum Gasteiger partial charge on any atom is 0.179 e. The average molecular weight is 340 g/mol. The lowest BCUT2D eigenvalue weighted by Crippen LogP contribution is -2.29. The highest BCUT2D eigenvalue weighted by Crippen LogP contribution is 2.24. The number of aliphatic hydroxyl groups is 1. The van der Waals surface area contributed by atoms with Crippen LogP contribution in [-0.4, -0.2) is 49.9 Å². The van der Waals surface area contributed by atoms with Crippen LogP contribution in [0.3, 0.4) is 0 Å². The van der Waals surface area contributed by atoms with E-state index in [9.17, 15) is 13.5 Å². The van der Waals surface area contributed by atoms with Gasteiger partial charge in [-0.3, -0.25) is 0 Å². The van der Waals surface area contributed by atoms with Gasteiger partial charge in [0.15, 0.2) is 9.84 Å². The van der Waals surface area contributed by atoms with Gasteiger partial charge in [0.25, 0.3) is 0 Å². The Hall–Kier alpha value is -0.910. The lowest BCUT2D eigenvalue weighted by molar-refractivity contribution is 0.128. The van der Waals surface area contributed by atoms with Crippen LogP contribution in [-0.2, 0) is 15.3 Å². The van der Waals surface area contributed by atoms with Crippen molar-refractivity contribution in [2.24, 2.45) is 5.92 Å². The van der Waals surface area contributed by atoms with Gasteiger partial charge in [-0.25, -0.2) is 8.42 Å². The highest BCUT2D eigenvalue weighted by molar-refractivity contribution is 7.91. The molecule has 2 rings (SSSR count). The number of benzene rings is 1. The zero-order valence-electron chi connectivity index (χ0n) is 14.6. The van der Waals surface area contributed by atoms with E-state index >= 15 is 0 Å². The number of rotatable bonds is 5. The molecule has 0 spiro atoms. The van der Waals surface area contributed by atoms with Crippen molar-refractivity contribution in [1.29, 1.82) is 0 Å².